The van der Waals surface area contributed by atoms with Gasteiger partial charge in [0.2, 0.25) is 0 Å². The number of aryl methyl sites for hydroxylation is 2. The normalized spacial score (nSPS) is 11.7. The van der Waals surface area contributed by atoms with Crippen LogP contribution in [0.3, 0.4) is 0 Å². The standard InChI is InChI=1S/C19H17ClN2SSe/c1-13-3-5-15(6-4-13)11-22-14(2)12-23-19(22)18(24)21-17-9-7-16(20)8-10-17/h3-10,12H,11H2,1-2H3. The molecular weight excluding hydrogens is 403 g/mol. The zero-order valence-electron chi connectivity index (χ0n) is 13.5. The second-order valence-corrected chi connectivity index (χ2v) is 7.75. The topological polar surface area (TPSA) is 16.2 Å². The molecule has 0 aliphatic rings. The molecule has 3 rings (SSSR count). The molecule has 5 heteroatoms. The van der Waals surface area contributed by atoms with Crippen molar-refractivity contribution >= 4 is 49.2 Å². The van der Waals surface area contributed by atoms with Gasteiger partial charge in [0.1, 0.15) is 0 Å². The summed E-state index contributed by atoms with van der Waals surface area (Å²) in [6, 6.07) is 16.2. The van der Waals surface area contributed by atoms with Crippen LogP contribution in [0, 0.1) is 13.8 Å². The van der Waals surface area contributed by atoms with E-state index in [1.54, 1.807) is 11.3 Å². The zero-order chi connectivity index (χ0) is 17.1. The van der Waals surface area contributed by atoms with Crippen molar-refractivity contribution in [1.29, 1.82) is 0 Å². The summed E-state index contributed by atoms with van der Waals surface area (Å²) in [6.45, 7) is 5.08. The first-order valence-electron chi connectivity index (χ1n) is 7.58. The molecule has 0 spiro atoms. The molecule has 0 aliphatic heterocycles. The van der Waals surface area contributed by atoms with Crippen molar-refractivity contribution in [1.82, 2.24) is 0 Å². The number of thiazole rings is 1. The van der Waals surface area contributed by atoms with E-state index in [1.807, 2.05) is 24.3 Å². The molecule has 0 saturated heterocycles. The molecule has 24 heavy (non-hydrogen) atoms. The average molecular weight is 420 g/mol. The van der Waals surface area contributed by atoms with Crippen molar-refractivity contribution in [2.45, 2.75) is 20.4 Å². The molecule has 1 heterocycles. The van der Waals surface area contributed by atoms with E-state index in [1.165, 1.54) is 16.8 Å². The summed E-state index contributed by atoms with van der Waals surface area (Å²) in [6.07, 6.45) is 0. The molecule has 0 aliphatic carbocycles. The van der Waals surface area contributed by atoms with E-state index >= 15 is 0 Å². The molecule has 0 radical (unpaired) electrons. The average Bonchev–Trinajstić information content (AvgIpc) is 2.93. The summed E-state index contributed by atoms with van der Waals surface area (Å²) >= 11 is 10.8. The number of aromatic nitrogens is 1. The molecule has 0 amide bonds. The Morgan fingerprint density at radius 2 is 1.75 bits per heavy atom. The first-order chi connectivity index (χ1) is 11.5. The predicted molar refractivity (Wildman–Crippen MR) is 103 cm³/mol. The van der Waals surface area contributed by atoms with E-state index in [9.17, 15) is 0 Å². The summed E-state index contributed by atoms with van der Waals surface area (Å²) in [5.74, 6) is 0. The van der Waals surface area contributed by atoms with Crippen LogP contribution >= 0.6 is 22.9 Å². The van der Waals surface area contributed by atoms with Crippen LogP contribution in [0.1, 0.15) is 21.8 Å². The molecule has 0 bridgehead atoms. The van der Waals surface area contributed by atoms with E-state index < -0.39 is 0 Å². The Morgan fingerprint density at radius 3 is 2.42 bits per heavy atom. The van der Waals surface area contributed by atoms with Gasteiger partial charge in [-0.25, -0.2) is 0 Å². The van der Waals surface area contributed by atoms with Crippen LogP contribution in [0.15, 0.2) is 58.9 Å². The fourth-order valence-corrected chi connectivity index (χ4v) is 4.12. The number of benzene rings is 2. The van der Waals surface area contributed by atoms with E-state index in [0.29, 0.717) is 0 Å². The van der Waals surface area contributed by atoms with Gasteiger partial charge in [-0.3, -0.25) is 0 Å². The van der Waals surface area contributed by atoms with Gasteiger partial charge in [0, 0.05) is 0 Å². The second kappa shape index (κ2) is 7.62. The van der Waals surface area contributed by atoms with Crippen LogP contribution in [-0.4, -0.2) is 20.6 Å². The van der Waals surface area contributed by atoms with Gasteiger partial charge in [-0.15, -0.1) is 0 Å². The molecule has 1 aromatic heterocycles. The molecule has 2 nitrogen and oxygen atoms in total. The van der Waals surface area contributed by atoms with Crippen LogP contribution in [0.4, 0.5) is 5.69 Å². The number of rotatable bonds is 4. The van der Waals surface area contributed by atoms with E-state index in [0.717, 1.165) is 26.9 Å². The molecular formula is C19H17ClN2SSe. The fraction of sp³-hybridized carbons (Fsp3) is 0.158. The first-order valence-corrected chi connectivity index (χ1v) is 9.69. The van der Waals surface area contributed by atoms with Crippen molar-refractivity contribution in [2.75, 3.05) is 0 Å². The van der Waals surface area contributed by atoms with Gasteiger partial charge < -0.3 is 0 Å². The fourth-order valence-electron chi connectivity index (χ4n) is 2.35. The van der Waals surface area contributed by atoms with Gasteiger partial charge in [-0.2, -0.15) is 0 Å². The third kappa shape index (κ3) is 4.14. The molecule has 3 aromatic rings. The molecule has 0 N–H and O–H groups in total. The van der Waals surface area contributed by atoms with Gasteiger partial charge in [0.25, 0.3) is 0 Å². The van der Waals surface area contributed by atoms with Crippen molar-refractivity contribution in [2.24, 2.45) is 4.99 Å². The quantitative estimate of drug-likeness (QED) is 0.334. The van der Waals surface area contributed by atoms with Crippen molar-refractivity contribution < 1.29 is 4.57 Å². The summed E-state index contributed by atoms with van der Waals surface area (Å²) in [5.41, 5.74) is 4.68. The summed E-state index contributed by atoms with van der Waals surface area (Å²) in [5, 5.41) is 4.01. The van der Waals surface area contributed by atoms with Crippen LogP contribution in [-0.2, 0) is 6.54 Å². The number of aliphatic imine (C=N–C) groups is 1. The number of hydrogen-bond acceptors (Lipinski definition) is 2. The minimum atomic E-state index is 0.719. The molecule has 2 aromatic carbocycles. The zero-order valence-corrected chi connectivity index (χ0v) is 16.8. The monoisotopic (exact) mass is 420 g/mol. The molecule has 0 atom stereocenters. The van der Waals surface area contributed by atoms with Crippen LogP contribution in [0.25, 0.3) is 0 Å². The van der Waals surface area contributed by atoms with Crippen LogP contribution < -0.4 is 4.57 Å². The Morgan fingerprint density at radius 1 is 1.08 bits per heavy atom. The minimum absolute atomic E-state index is 0.719. The SMILES string of the molecule is Cc1ccc(C[n+]2c(C)csc2C([Se-])=Nc2ccc(Cl)cc2)cc1. The second-order valence-electron chi connectivity index (χ2n) is 5.65. The first kappa shape index (κ1) is 17.4. The van der Waals surface area contributed by atoms with Crippen molar-refractivity contribution in [3.8, 4) is 0 Å². The number of hydrogen-bond donors (Lipinski definition) is 0. The Labute approximate surface area is 159 Å². The predicted octanol–water partition coefficient (Wildman–Crippen LogP) is 4.60. The van der Waals surface area contributed by atoms with E-state index in [4.69, 9.17) is 16.6 Å². The molecule has 0 unspecified atom stereocenters. The Bertz CT molecular complexity index is 867. The van der Waals surface area contributed by atoms with Gasteiger partial charge in [0.05, 0.1) is 0 Å². The Balaban J connectivity index is 1.91. The molecule has 122 valence electrons. The number of halogens is 1. The third-order valence-electron chi connectivity index (χ3n) is 3.71. The van der Waals surface area contributed by atoms with Gasteiger partial charge >= 0.3 is 160 Å². The van der Waals surface area contributed by atoms with E-state index in [-0.39, 0.29) is 0 Å². The Hall–Kier alpha value is -1.45. The van der Waals surface area contributed by atoms with Crippen molar-refractivity contribution in [3.63, 3.8) is 0 Å². The van der Waals surface area contributed by atoms with Gasteiger partial charge in [-0.1, -0.05) is 0 Å². The number of nitrogens with zero attached hydrogens (tertiary/aromatic N) is 2. The maximum atomic E-state index is 5.94. The maximum absolute atomic E-state index is 5.94. The summed E-state index contributed by atoms with van der Waals surface area (Å²) < 4.78 is 3.18. The summed E-state index contributed by atoms with van der Waals surface area (Å²) in [4.78, 5) is 4.69. The van der Waals surface area contributed by atoms with E-state index in [2.05, 4.69) is 64.1 Å². The van der Waals surface area contributed by atoms with Crippen LogP contribution in [0.2, 0.25) is 5.02 Å². The molecule has 0 fully saturated rings. The van der Waals surface area contributed by atoms with Gasteiger partial charge in [0.15, 0.2) is 0 Å². The van der Waals surface area contributed by atoms with Crippen LogP contribution in [0.5, 0.6) is 0 Å². The third-order valence-corrected chi connectivity index (χ3v) is 5.95. The summed E-state index contributed by atoms with van der Waals surface area (Å²) in [7, 11) is 0. The van der Waals surface area contributed by atoms with Crippen molar-refractivity contribution in [3.05, 3.63) is 80.8 Å². The Kier molecular flexibility index (Phi) is 5.52. The molecule has 0 saturated carbocycles. The van der Waals surface area contributed by atoms with Gasteiger partial charge in [-0.05, 0) is 0 Å².